The van der Waals surface area contributed by atoms with E-state index in [1.807, 2.05) is 67.6 Å². The molecule has 0 fully saturated rings. The Kier molecular flexibility index (Phi) is 5.99. The van der Waals surface area contributed by atoms with Crippen molar-refractivity contribution in [3.8, 4) is 0 Å². The van der Waals surface area contributed by atoms with E-state index in [0.29, 0.717) is 33.8 Å². The van der Waals surface area contributed by atoms with Gasteiger partial charge in [0.1, 0.15) is 5.82 Å². The Balaban J connectivity index is 1.58. The molecule has 3 aromatic carbocycles. The van der Waals surface area contributed by atoms with Crippen LogP contribution in [-0.4, -0.2) is 33.5 Å². The molecule has 174 valence electrons. The number of benzene rings is 3. The number of carbonyl (C=O) groups is 2. The number of amides is 2. The number of hydrogen-bond donors (Lipinski definition) is 4. The molecule has 2 heterocycles. The zero-order valence-electron chi connectivity index (χ0n) is 19.1. The zero-order valence-corrected chi connectivity index (χ0v) is 19.1. The van der Waals surface area contributed by atoms with E-state index in [2.05, 4.69) is 20.6 Å². The largest absolute Gasteiger partial charge is 0.394 e. The summed E-state index contributed by atoms with van der Waals surface area (Å²) < 4.78 is 0. The minimum absolute atomic E-state index is 0.234. The van der Waals surface area contributed by atoms with Gasteiger partial charge in [-0.2, -0.15) is 0 Å². The minimum atomic E-state index is -0.544. The average Bonchev–Trinajstić information content (AvgIpc) is 3.46. The number of aliphatic hydroxyl groups excluding tert-OH is 1. The number of H-pyrrole nitrogens is 1. The fourth-order valence-corrected chi connectivity index (χ4v) is 4.26. The number of nitrogens with one attached hydrogen (secondary N) is 3. The summed E-state index contributed by atoms with van der Waals surface area (Å²) in [6, 6.07) is 23.4. The Morgan fingerprint density at radius 2 is 1.71 bits per heavy atom. The lowest BCUT2D eigenvalue weighted by atomic mass is 9.93. The van der Waals surface area contributed by atoms with Crippen LogP contribution in [0.1, 0.15) is 44.6 Å². The minimum Gasteiger partial charge on any atom is -0.394 e. The SMILES string of the molecule is Cc1cnc(/C(=C2\C(=O)Nc3ccc(C(=O)N[C@H](CO)c4ccccc4)cc32)c2ccccc2)[nH]1. The highest BCUT2D eigenvalue weighted by atomic mass is 16.3. The lowest BCUT2D eigenvalue weighted by molar-refractivity contribution is -0.110. The topological polar surface area (TPSA) is 107 Å². The molecule has 2 amide bonds. The van der Waals surface area contributed by atoms with Crippen LogP contribution in [0.2, 0.25) is 0 Å². The van der Waals surface area contributed by atoms with Crippen molar-refractivity contribution in [2.75, 3.05) is 11.9 Å². The number of rotatable bonds is 6. The highest BCUT2D eigenvalue weighted by molar-refractivity contribution is 6.38. The second-order valence-electron chi connectivity index (χ2n) is 8.36. The third kappa shape index (κ3) is 4.37. The molecule has 0 unspecified atom stereocenters. The Bertz CT molecular complexity index is 1430. The van der Waals surface area contributed by atoms with Crippen molar-refractivity contribution in [1.29, 1.82) is 0 Å². The van der Waals surface area contributed by atoms with Gasteiger partial charge in [0.05, 0.1) is 18.2 Å². The number of anilines is 1. The number of carbonyl (C=O) groups excluding carboxylic acids is 2. The number of aromatic nitrogens is 2. The summed E-state index contributed by atoms with van der Waals surface area (Å²) >= 11 is 0. The summed E-state index contributed by atoms with van der Waals surface area (Å²) in [6.07, 6.45) is 1.72. The van der Waals surface area contributed by atoms with Gasteiger partial charge in [0.2, 0.25) is 0 Å². The van der Waals surface area contributed by atoms with Crippen LogP contribution in [0.5, 0.6) is 0 Å². The van der Waals surface area contributed by atoms with Gasteiger partial charge in [0.25, 0.3) is 11.8 Å². The smallest absolute Gasteiger partial charge is 0.257 e. The molecule has 1 aromatic heterocycles. The molecule has 0 aliphatic carbocycles. The van der Waals surface area contributed by atoms with Crippen LogP contribution in [-0.2, 0) is 4.79 Å². The maximum Gasteiger partial charge on any atom is 0.257 e. The number of aromatic amines is 1. The normalized spacial score (nSPS) is 14.7. The predicted molar refractivity (Wildman–Crippen MR) is 134 cm³/mol. The second-order valence-corrected chi connectivity index (χ2v) is 8.36. The number of fused-ring (bicyclic) bond motifs is 1. The summed E-state index contributed by atoms with van der Waals surface area (Å²) in [5, 5.41) is 15.6. The molecule has 7 heteroatoms. The van der Waals surface area contributed by atoms with Gasteiger partial charge in [-0.05, 0) is 36.2 Å². The molecule has 5 rings (SSSR count). The van der Waals surface area contributed by atoms with Gasteiger partial charge >= 0.3 is 0 Å². The molecule has 4 N–H and O–H groups in total. The third-order valence-electron chi connectivity index (χ3n) is 5.97. The van der Waals surface area contributed by atoms with E-state index in [-0.39, 0.29) is 18.4 Å². The van der Waals surface area contributed by atoms with E-state index in [1.165, 1.54) is 0 Å². The molecule has 4 aromatic rings. The van der Waals surface area contributed by atoms with E-state index in [0.717, 1.165) is 16.8 Å². The first kappa shape index (κ1) is 22.3. The molecular weight excluding hydrogens is 440 g/mol. The lowest BCUT2D eigenvalue weighted by Gasteiger charge is -2.17. The van der Waals surface area contributed by atoms with E-state index in [4.69, 9.17) is 0 Å². The molecule has 0 saturated carbocycles. The number of aliphatic hydroxyl groups is 1. The highest BCUT2D eigenvalue weighted by Crippen LogP contribution is 2.39. The molecule has 7 nitrogen and oxygen atoms in total. The van der Waals surface area contributed by atoms with Crippen LogP contribution in [0.3, 0.4) is 0 Å². The van der Waals surface area contributed by atoms with Gasteiger partial charge in [-0.15, -0.1) is 0 Å². The van der Waals surface area contributed by atoms with Crippen LogP contribution < -0.4 is 10.6 Å². The summed E-state index contributed by atoms with van der Waals surface area (Å²) in [7, 11) is 0. The van der Waals surface area contributed by atoms with Crippen molar-refractivity contribution >= 4 is 28.6 Å². The third-order valence-corrected chi connectivity index (χ3v) is 5.97. The lowest BCUT2D eigenvalue weighted by Crippen LogP contribution is -2.30. The maximum atomic E-state index is 13.2. The molecular formula is C28H24N4O3. The van der Waals surface area contributed by atoms with Crippen LogP contribution in [0.15, 0.2) is 85.1 Å². The summed E-state index contributed by atoms with van der Waals surface area (Å²) in [5.41, 5.74) is 5.24. The van der Waals surface area contributed by atoms with Gasteiger partial charge in [-0.25, -0.2) is 4.98 Å². The van der Waals surface area contributed by atoms with E-state index >= 15 is 0 Å². The summed E-state index contributed by atoms with van der Waals surface area (Å²) in [6.45, 7) is 1.67. The molecule has 0 saturated heterocycles. The van der Waals surface area contributed by atoms with Crippen LogP contribution in [0, 0.1) is 6.92 Å². The zero-order chi connectivity index (χ0) is 24.4. The summed E-state index contributed by atoms with van der Waals surface area (Å²) in [4.78, 5) is 34.0. The number of nitrogens with zero attached hydrogens (tertiary/aromatic N) is 1. The number of hydrogen-bond acceptors (Lipinski definition) is 4. The Labute approximate surface area is 202 Å². The van der Waals surface area contributed by atoms with Gasteiger partial charge in [0, 0.05) is 34.3 Å². The Morgan fingerprint density at radius 3 is 2.37 bits per heavy atom. The monoisotopic (exact) mass is 464 g/mol. The van der Waals surface area contributed by atoms with Gasteiger partial charge < -0.3 is 20.7 Å². The van der Waals surface area contributed by atoms with E-state index < -0.39 is 6.04 Å². The molecule has 1 atom stereocenters. The molecule has 1 aliphatic rings. The average molecular weight is 465 g/mol. The molecule has 0 spiro atoms. The van der Waals surface area contributed by atoms with E-state index in [9.17, 15) is 14.7 Å². The molecule has 0 radical (unpaired) electrons. The van der Waals surface area contributed by atoms with Crippen LogP contribution in [0.25, 0.3) is 11.1 Å². The standard InChI is InChI=1S/C28H24N4O3/c1-17-15-29-26(30-17)24(19-10-6-3-7-11-19)25-21-14-20(12-13-22(21)31-28(25)35)27(34)32-23(16-33)18-8-4-2-5-9-18/h2-15,23,33H,16H2,1H3,(H,29,30)(H,31,35)(H,32,34)/b25-24-/t23-/m1/s1. The van der Waals surface area contributed by atoms with Crippen molar-refractivity contribution in [1.82, 2.24) is 15.3 Å². The highest BCUT2D eigenvalue weighted by Gasteiger charge is 2.31. The Morgan fingerprint density at radius 1 is 1.00 bits per heavy atom. The number of imidazole rings is 1. The van der Waals surface area contributed by atoms with Gasteiger partial charge in [0.15, 0.2) is 0 Å². The van der Waals surface area contributed by atoms with Gasteiger partial charge in [-0.3, -0.25) is 9.59 Å². The molecule has 0 bridgehead atoms. The Hall–Kier alpha value is -4.49. The fraction of sp³-hybridized carbons (Fsp3) is 0.107. The quantitative estimate of drug-likeness (QED) is 0.322. The van der Waals surface area contributed by atoms with Gasteiger partial charge in [-0.1, -0.05) is 60.7 Å². The van der Waals surface area contributed by atoms with Crippen molar-refractivity contribution in [2.45, 2.75) is 13.0 Å². The number of aryl methyl sites for hydroxylation is 1. The van der Waals surface area contributed by atoms with E-state index in [1.54, 1.807) is 24.4 Å². The molecule has 35 heavy (non-hydrogen) atoms. The predicted octanol–water partition coefficient (Wildman–Crippen LogP) is 4.09. The maximum absolute atomic E-state index is 13.2. The first-order valence-corrected chi connectivity index (χ1v) is 11.3. The first-order chi connectivity index (χ1) is 17.0. The van der Waals surface area contributed by atoms with Crippen LogP contribution in [0.4, 0.5) is 5.69 Å². The van der Waals surface area contributed by atoms with Crippen molar-refractivity contribution in [2.24, 2.45) is 0 Å². The second kappa shape index (κ2) is 9.40. The van der Waals surface area contributed by atoms with Crippen molar-refractivity contribution in [3.63, 3.8) is 0 Å². The van der Waals surface area contributed by atoms with Crippen molar-refractivity contribution in [3.05, 3.63) is 119 Å². The summed E-state index contributed by atoms with van der Waals surface area (Å²) in [5.74, 6) is -0.0292. The van der Waals surface area contributed by atoms with Crippen molar-refractivity contribution < 1.29 is 14.7 Å². The first-order valence-electron chi connectivity index (χ1n) is 11.3. The molecule has 1 aliphatic heterocycles. The van der Waals surface area contributed by atoms with Crippen LogP contribution >= 0.6 is 0 Å². The fourth-order valence-electron chi connectivity index (χ4n) is 4.26.